The van der Waals surface area contributed by atoms with Gasteiger partial charge in [0.05, 0.1) is 16.7 Å². The summed E-state index contributed by atoms with van der Waals surface area (Å²) in [6.45, 7) is 4.71. The fourth-order valence-electron chi connectivity index (χ4n) is 4.56. The van der Waals surface area contributed by atoms with Crippen LogP contribution in [0.1, 0.15) is 61.1 Å². The van der Waals surface area contributed by atoms with E-state index in [-0.39, 0.29) is 18.0 Å². The number of nitrogens with two attached hydrogens (primary N) is 1. The first-order valence-corrected chi connectivity index (χ1v) is 10.8. The minimum absolute atomic E-state index is 0.223. The van der Waals surface area contributed by atoms with Gasteiger partial charge in [-0.1, -0.05) is 24.3 Å². The second-order valence-electron chi connectivity index (χ2n) is 7.97. The minimum atomic E-state index is 0.223. The lowest BCUT2D eigenvalue weighted by atomic mass is 9.87. The summed E-state index contributed by atoms with van der Waals surface area (Å²) in [6, 6.07) is 13.0. The van der Waals surface area contributed by atoms with Gasteiger partial charge in [0, 0.05) is 24.2 Å². The quantitative estimate of drug-likeness (QED) is 0.474. The van der Waals surface area contributed by atoms with Crippen molar-refractivity contribution in [2.75, 3.05) is 6.54 Å². The molecule has 152 valence electrons. The van der Waals surface area contributed by atoms with E-state index in [1.807, 2.05) is 30.5 Å². The molecule has 2 aromatic heterocycles. The first-order chi connectivity index (χ1) is 14.3. The number of aryl methyl sites for hydroxylation is 1. The average molecular weight is 390 g/mol. The summed E-state index contributed by atoms with van der Waals surface area (Å²) in [5, 5.41) is 3.95. The zero-order valence-electron chi connectivity index (χ0n) is 17.0. The third-order valence-electron chi connectivity index (χ3n) is 5.99. The van der Waals surface area contributed by atoms with Crippen LogP contribution in [-0.4, -0.2) is 27.5 Å². The van der Waals surface area contributed by atoms with Gasteiger partial charge >= 0.3 is 0 Å². The standard InChI is InChI=1S/C24H31N5/c1-2-8-18(24-28-20-11-3-4-12-21(20)29-24)19(14-6-15-25)27-22-13-5-9-17-10-7-16-26-23(17)22/h2-4,7,10-12,16,18-19,22,27H,1,5-6,8-9,13-15,25H2,(H,28,29). The van der Waals surface area contributed by atoms with Gasteiger partial charge in [-0.2, -0.15) is 0 Å². The molecule has 0 saturated carbocycles. The number of allylic oxidation sites excluding steroid dienone is 1. The molecule has 0 amide bonds. The van der Waals surface area contributed by atoms with E-state index in [2.05, 4.69) is 35.1 Å². The van der Waals surface area contributed by atoms with Crippen molar-refractivity contribution in [2.24, 2.45) is 5.73 Å². The number of hydrogen-bond acceptors (Lipinski definition) is 4. The number of nitrogens with one attached hydrogen (secondary N) is 2. The number of rotatable bonds is 9. The molecule has 0 fully saturated rings. The molecule has 0 radical (unpaired) electrons. The molecule has 0 spiro atoms. The highest BCUT2D eigenvalue weighted by Gasteiger charge is 2.30. The zero-order chi connectivity index (χ0) is 20.1. The van der Waals surface area contributed by atoms with Crippen LogP contribution in [0.4, 0.5) is 0 Å². The maximum Gasteiger partial charge on any atom is 0.112 e. The largest absolute Gasteiger partial charge is 0.342 e. The number of imidazole rings is 1. The predicted octanol–water partition coefficient (Wildman–Crippen LogP) is 4.39. The first-order valence-electron chi connectivity index (χ1n) is 10.8. The summed E-state index contributed by atoms with van der Waals surface area (Å²) in [6.07, 6.45) is 10.2. The van der Waals surface area contributed by atoms with E-state index in [4.69, 9.17) is 15.7 Å². The molecular formula is C24H31N5. The van der Waals surface area contributed by atoms with E-state index in [1.54, 1.807) is 0 Å². The Kier molecular flexibility index (Phi) is 6.37. The number of aromatic nitrogens is 3. The van der Waals surface area contributed by atoms with Crippen molar-refractivity contribution in [3.63, 3.8) is 0 Å². The maximum atomic E-state index is 5.88. The third-order valence-corrected chi connectivity index (χ3v) is 5.99. The van der Waals surface area contributed by atoms with Gasteiger partial charge in [-0.05, 0) is 68.8 Å². The van der Waals surface area contributed by atoms with Crippen LogP contribution in [0.25, 0.3) is 11.0 Å². The Morgan fingerprint density at radius 2 is 2.17 bits per heavy atom. The van der Waals surface area contributed by atoms with Gasteiger partial charge in [0.2, 0.25) is 0 Å². The van der Waals surface area contributed by atoms with Crippen LogP contribution in [0.2, 0.25) is 0 Å². The number of H-pyrrole nitrogens is 1. The smallest absolute Gasteiger partial charge is 0.112 e. The highest BCUT2D eigenvalue weighted by atomic mass is 15.0. The number of nitrogens with zero attached hydrogens (tertiary/aromatic N) is 2. The summed E-state index contributed by atoms with van der Waals surface area (Å²) in [7, 11) is 0. The van der Waals surface area contributed by atoms with Crippen LogP contribution in [0.15, 0.2) is 55.3 Å². The molecule has 1 aromatic carbocycles. The van der Waals surface area contributed by atoms with E-state index in [0.29, 0.717) is 6.54 Å². The van der Waals surface area contributed by atoms with Crippen molar-refractivity contribution in [3.05, 3.63) is 72.3 Å². The molecular weight excluding hydrogens is 358 g/mol. The molecule has 3 atom stereocenters. The SMILES string of the molecule is C=CCC(c1nc2ccccc2[nH]1)C(CCCN)NC1CCCc2cccnc21. The Hall–Kier alpha value is -2.50. The first kappa shape index (κ1) is 19.8. The molecule has 0 saturated heterocycles. The number of pyridine rings is 1. The van der Waals surface area contributed by atoms with Crippen molar-refractivity contribution in [1.29, 1.82) is 0 Å². The molecule has 1 aliphatic carbocycles. The minimum Gasteiger partial charge on any atom is -0.342 e. The maximum absolute atomic E-state index is 5.88. The Bertz CT molecular complexity index is 914. The Morgan fingerprint density at radius 3 is 3.00 bits per heavy atom. The van der Waals surface area contributed by atoms with Crippen LogP contribution in [0, 0.1) is 0 Å². The summed E-state index contributed by atoms with van der Waals surface area (Å²) < 4.78 is 0. The van der Waals surface area contributed by atoms with Crippen LogP contribution in [-0.2, 0) is 6.42 Å². The second-order valence-corrected chi connectivity index (χ2v) is 7.97. The molecule has 5 nitrogen and oxygen atoms in total. The normalized spacial score (nSPS) is 18.3. The van der Waals surface area contributed by atoms with Gasteiger partial charge < -0.3 is 16.0 Å². The van der Waals surface area contributed by atoms with Crippen molar-refractivity contribution in [2.45, 2.75) is 56.5 Å². The number of benzene rings is 1. The molecule has 3 unspecified atom stereocenters. The lowest BCUT2D eigenvalue weighted by Crippen LogP contribution is -2.40. The summed E-state index contributed by atoms with van der Waals surface area (Å²) in [4.78, 5) is 13.2. The molecule has 1 aliphatic rings. The van der Waals surface area contributed by atoms with E-state index < -0.39 is 0 Å². The van der Waals surface area contributed by atoms with Crippen LogP contribution >= 0.6 is 0 Å². The lowest BCUT2D eigenvalue weighted by Gasteiger charge is -2.33. The molecule has 0 bridgehead atoms. The van der Waals surface area contributed by atoms with E-state index in [0.717, 1.165) is 49.0 Å². The molecule has 29 heavy (non-hydrogen) atoms. The molecule has 3 aromatic rings. The average Bonchev–Trinajstić information content (AvgIpc) is 3.19. The topological polar surface area (TPSA) is 79.6 Å². The number of fused-ring (bicyclic) bond motifs is 2. The highest BCUT2D eigenvalue weighted by molar-refractivity contribution is 5.74. The Labute approximate surface area is 172 Å². The summed E-state index contributed by atoms with van der Waals surface area (Å²) >= 11 is 0. The predicted molar refractivity (Wildman–Crippen MR) is 119 cm³/mol. The van der Waals surface area contributed by atoms with Gasteiger partial charge in [0.15, 0.2) is 0 Å². The van der Waals surface area contributed by atoms with Gasteiger partial charge in [-0.15, -0.1) is 6.58 Å². The Balaban J connectivity index is 1.64. The van der Waals surface area contributed by atoms with Crippen molar-refractivity contribution < 1.29 is 0 Å². The van der Waals surface area contributed by atoms with E-state index in [9.17, 15) is 0 Å². The molecule has 4 N–H and O–H groups in total. The van der Waals surface area contributed by atoms with Gasteiger partial charge in [-0.3, -0.25) is 4.98 Å². The lowest BCUT2D eigenvalue weighted by molar-refractivity contribution is 0.325. The number of hydrogen-bond donors (Lipinski definition) is 3. The summed E-state index contributed by atoms with van der Waals surface area (Å²) in [5.41, 5.74) is 10.6. The third kappa shape index (κ3) is 4.41. The Morgan fingerprint density at radius 1 is 1.28 bits per heavy atom. The molecule has 5 heteroatoms. The van der Waals surface area contributed by atoms with Crippen LogP contribution < -0.4 is 11.1 Å². The fraction of sp³-hybridized carbons (Fsp3) is 0.417. The van der Waals surface area contributed by atoms with Gasteiger partial charge in [0.25, 0.3) is 0 Å². The van der Waals surface area contributed by atoms with Crippen molar-refractivity contribution in [1.82, 2.24) is 20.3 Å². The van der Waals surface area contributed by atoms with Crippen molar-refractivity contribution >= 4 is 11.0 Å². The molecule has 0 aliphatic heterocycles. The van der Waals surface area contributed by atoms with Crippen LogP contribution in [0.3, 0.4) is 0 Å². The highest BCUT2D eigenvalue weighted by Crippen LogP contribution is 2.32. The van der Waals surface area contributed by atoms with E-state index >= 15 is 0 Å². The van der Waals surface area contributed by atoms with Gasteiger partial charge in [-0.25, -0.2) is 4.98 Å². The van der Waals surface area contributed by atoms with Crippen LogP contribution in [0.5, 0.6) is 0 Å². The second kappa shape index (κ2) is 9.33. The van der Waals surface area contributed by atoms with Crippen molar-refractivity contribution in [3.8, 4) is 0 Å². The molecule has 2 heterocycles. The monoisotopic (exact) mass is 389 g/mol. The number of aromatic amines is 1. The van der Waals surface area contributed by atoms with E-state index in [1.165, 1.54) is 17.7 Å². The zero-order valence-corrected chi connectivity index (χ0v) is 17.0. The fourth-order valence-corrected chi connectivity index (χ4v) is 4.56. The molecule has 4 rings (SSSR count). The summed E-state index contributed by atoms with van der Waals surface area (Å²) in [5.74, 6) is 1.25. The van der Waals surface area contributed by atoms with Gasteiger partial charge in [0.1, 0.15) is 5.82 Å². The number of para-hydroxylation sites is 2.